The second-order valence-corrected chi connectivity index (χ2v) is 6.28. The number of halogens is 1. The number of carboxylic acid groups (broad SMARTS) is 1. The summed E-state index contributed by atoms with van der Waals surface area (Å²) < 4.78 is 13.4. The number of benzene rings is 1. The van der Waals surface area contributed by atoms with E-state index in [1.165, 1.54) is 22.7 Å². The summed E-state index contributed by atoms with van der Waals surface area (Å²) in [7, 11) is 0. The Morgan fingerprint density at radius 3 is 2.67 bits per heavy atom. The molecule has 1 aromatic rings. The summed E-state index contributed by atoms with van der Waals surface area (Å²) in [5, 5.41) is 8.86. The first-order valence-corrected chi connectivity index (χ1v) is 7.91. The number of carbonyl (C=O) groups excluding carboxylic acids is 1. The van der Waals surface area contributed by atoms with E-state index in [0.29, 0.717) is 23.1 Å². The lowest BCUT2D eigenvalue weighted by molar-refractivity contribution is -0.144. The molecule has 0 unspecified atom stereocenters. The molecule has 0 heterocycles. The molecule has 1 N–H and O–H groups in total. The molecule has 1 aliphatic carbocycles. The number of aliphatic carboxylic acids is 1. The molecular weight excluding hydrogens is 293 g/mol. The maximum Gasteiger partial charge on any atom is 0.323 e. The van der Waals surface area contributed by atoms with Gasteiger partial charge in [0.15, 0.2) is 0 Å². The maximum atomic E-state index is 13.4. The van der Waals surface area contributed by atoms with E-state index in [1.54, 1.807) is 18.2 Å². The summed E-state index contributed by atoms with van der Waals surface area (Å²) in [4.78, 5) is 24.8. The largest absolute Gasteiger partial charge is 0.480 e. The van der Waals surface area contributed by atoms with Crippen LogP contribution in [0.5, 0.6) is 0 Å². The van der Waals surface area contributed by atoms with Gasteiger partial charge in [-0.25, -0.2) is 4.39 Å². The number of hydrogen-bond donors (Lipinski definition) is 1. The highest BCUT2D eigenvalue weighted by molar-refractivity contribution is 7.99. The molecule has 1 amide bonds. The number of thioether (sulfide) groups is 1. The predicted octanol–water partition coefficient (Wildman–Crippen LogP) is 2.63. The Hall–Kier alpha value is -1.56. The number of amides is 1. The van der Waals surface area contributed by atoms with Crippen LogP contribution in [0.2, 0.25) is 0 Å². The highest BCUT2D eigenvalue weighted by atomic mass is 32.2. The van der Waals surface area contributed by atoms with E-state index in [4.69, 9.17) is 5.11 Å². The van der Waals surface area contributed by atoms with Crippen LogP contribution in [0.25, 0.3) is 0 Å². The normalized spacial score (nSPS) is 14.0. The molecule has 21 heavy (non-hydrogen) atoms. The first-order chi connectivity index (χ1) is 10.1. The third-order valence-electron chi connectivity index (χ3n) is 3.26. The first kappa shape index (κ1) is 15.8. The molecular formula is C15H18FNO3S. The summed E-state index contributed by atoms with van der Waals surface area (Å²) >= 11 is 1.28. The Labute approximate surface area is 127 Å². The van der Waals surface area contributed by atoms with Crippen molar-refractivity contribution >= 4 is 23.6 Å². The molecule has 0 radical (unpaired) electrons. The topological polar surface area (TPSA) is 57.6 Å². The number of rotatable bonds is 8. The van der Waals surface area contributed by atoms with E-state index in [0.717, 1.165) is 12.8 Å². The molecule has 0 aromatic heterocycles. The van der Waals surface area contributed by atoms with Crippen LogP contribution in [0.15, 0.2) is 29.2 Å². The fourth-order valence-corrected chi connectivity index (χ4v) is 2.88. The minimum absolute atomic E-state index is 0.173. The minimum Gasteiger partial charge on any atom is -0.480 e. The van der Waals surface area contributed by atoms with E-state index in [1.807, 2.05) is 0 Å². The van der Waals surface area contributed by atoms with Crippen LogP contribution in [0.3, 0.4) is 0 Å². The van der Waals surface area contributed by atoms with Crippen LogP contribution in [0.1, 0.15) is 19.3 Å². The summed E-state index contributed by atoms with van der Waals surface area (Å²) in [6.07, 6.45) is 2.35. The molecule has 4 nitrogen and oxygen atoms in total. The Kier molecular flexibility index (Phi) is 5.61. The molecule has 0 aliphatic heterocycles. The Balaban J connectivity index is 1.80. The van der Waals surface area contributed by atoms with Crippen LogP contribution in [0.4, 0.5) is 4.39 Å². The molecule has 0 atom stereocenters. The monoisotopic (exact) mass is 311 g/mol. The van der Waals surface area contributed by atoms with Crippen molar-refractivity contribution in [1.82, 2.24) is 4.90 Å². The third kappa shape index (κ3) is 5.38. The van der Waals surface area contributed by atoms with Crippen LogP contribution >= 0.6 is 11.8 Å². The molecule has 114 valence electrons. The zero-order chi connectivity index (χ0) is 15.2. The number of nitrogens with zero attached hydrogens (tertiary/aromatic N) is 1. The summed E-state index contributed by atoms with van der Waals surface area (Å²) in [5.74, 6) is -0.567. The molecule has 2 rings (SSSR count). The molecule has 0 bridgehead atoms. The minimum atomic E-state index is -0.995. The molecule has 0 spiro atoms. The fourth-order valence-electron chi connectivity index (χ4n) is 2.00. The Morgan fingerprint density at radius 1 is 1.33 bits per heavy atom. The van der Waals surface area contributed by atoms with Crippen molar-refractivity contribution in [2.75, 3.05) is 18.8 Å². The fraction of sp³-hybridized carbons (Fsp3) is 0.467. The van der Waals surface area contributed by atoms with E-state index >= 15 is 0 Å². The zero-order valence-electron chi connectivity index (χ0n) is 11.6. The van der Waals surface area contributed by atoms with Crippen LogP contribution in [-0.2, 0) is 9.59 Å². The first-order valence-electron chi connectivity index (χ1n) is 6.93. The molecule has 1 aromatic carbocycles. The highest BCUT2D eigenvalue weighted by Crippen LogP contribution is 2.30. The van der Waals surface area contributed by atoms with Crippen molar-refractivity contribution in [2.45, 2.75) is 24.2 Å². The molecule has 6 heteroatoms. The van der Waals surface area contributed by atoms with Crippen LogP contribution < -0.4 is 0 Å². The number of hydrogen-bond acceptors (Lipinski definition) is 3. The van der Waals surface area contributed by atoms with Gasteiger partial charge in [0.25, 0.3) is 0 Å². The summed E-state index contributed by atoms with van der Waals surface area (Å²) in [5.41, 5.74) is 0. The molecule has 1 aliphatic rings. The average molecular weight is 311 g/mol. The van der Waals surface area contributed by atoms with Gasteiger partial charge < -0.3 is 10.0 Å². The lowest BCUT2D eigenvalue weighted by Crippen LogP contribution is -2.37. The lowest BCUT2D eigenvalue weighted by Gasteiger charge is -2.20. The third-order valence-corrected chi connectivity index (χ3v) is 4.31. The molecule has 0 saturated heterocycles. The predicted molar refractivity (Wildman–Crippen MR) is 78.7 cm³/mol. The standard InChI is InChI=1S/C15H18FNO3S/c16-12-3-1-2-4-13(12)21-8-7-14(18)17(10-15(19)20)9-11-5-6-11/h1-4,11H,5-10H2,(H,19,20). The van der Waals surface area contributed by atoms with Gasteiger partial charge in [0, 0.05) is 23.6 Å². The zero-order valence-corrected chi connectivity index (χ0v) is 12.4. The van der Waals surface area contributed by atoms with E-state index in [2.05, 4.69) is 0 Å². The van der Waals surface area contributed by atoms with Gasteiger partial charge in [0.1, 0.15) is 12.4 Å². The lowest BCUT2D eigenvalue weighted by atomic mass is 10.3. The number of carbonyl (C=O) groups is 2. The van der Waals surface area contributed by atoms with Crippen molar-refractivity contribution < 1.29 is 19.1 Å². The van der Waals surface area contributed by atoms with Crippen molar-refractivity contribution in [3.63, 3.8) is 0 Å². The molecule has 1 saturated carbocycles. The van der Waals surface area contributed by atoms with Gasteiger partial charge in [0.2, 0.25) is 5.91 Å². The van der Waals surface area contributed by atoms with Gasteiger partial charge in [0.05, 0.1) is 0 Å². The Bertz CT molecular complexity index is 519. The van der Waals surface area contributed by atoms with Crippen molar-refractivity contribution in [1.29, 1.82) is 0 Å². The van der Waals surface area contributed by atoms with Crippen molar-refractivity contribution in [3.05, 3.63) is 30.1 Å². The van der Waals surface area contributed by atoms with E-state index < -0.39 is 5.97 Å². The van der Waals surface area contributed by atoms with Gasteiger partial charge in [-0.1, -0.05) is 12.1 Å². The van der Waals surface area contributed by atoms with Gasteiger partial charge in [-0.05, 0) is 30.9 Å². The van der Waals surface area contributed by atoms with Gasteiger partial charge in [-0.15, -0.1) is 11.8 Å². The van der Waals surface area contributed by atoms with Gasteiger partial charge in [-0.3, -0.25) is 9.59 Å². The SMILES string of the molecule is O=C(O)CN(CC1CC1)C(=O)CCSc1ccccc1F. The maximum absolute atomic E-state index is 13.4. The average Bonchev–Trinajstić information content (AvgIpc) is 3.23. The molecule has 1 fully saturated rings. The van der Waals surface area contributed by atoms with Crippen molar-refractivity contribution in [3.8, 4) is 0 Å². The van der Waals surface area contributed by atoms with E-state index in [-0.39, 0.29) is 24.7 Å². The summed E-state index contributed by atoms with van der Waals surface area (Å²) in [6, 6.07) is 6.42. The second kappa shape index (κ2) is 7.45. The van der Waals surface area contributed by atoms with Crippen LogP contribution in [0, 0.1) is 11.7 Å². The highest BCUT2D eigenvalue weighted by Gasteiger charge is 2.27. The van der Waals surface area contributed by atoms with Crippen LogP contribution in [-0.4, -0.2) is 40.7 Å². The van der Waals surface area contributed by atoms with Crippen molar-refractivity contribution in [2.24, 2.45) is 5.92 Å². The van der Waals surface area contributed by atoms with Gasteiger partial charge in [-0.2, -0.15) is 0 Å². The smallest absolute Gasteiger partial charge is 0.323 e. The van der Waals surface area contributed by atoms with E-state index in [9.17, 15) is 14.0 Å². The Morgan fingerprint density at radius 2 is 2.05 bits per heavy atom. The van der Waals surface area contributed by atoms with Gasteiger partial charge >= 0.3 is 5.97 Å². The second-order valence-electron chi connectivity index (χ2n) is 5.14. The number of carboxylic acids is 1. The quantitative estimate of drug-likeness (QED) is 0.750. The summed E-state index contributed by atoms with van der Waals surface area (Å²) in [6.45, 7) is 0.273.